The highest BCUT2D eigenvalue weighted by Gasteiger charge is 2.49. The Morgan fingerprint density at radius 3 is 2.36 bits per heavy atom. The molecule has 3 fully saturated rings. The average Bonchev–Trinajstić information content (AvgIpc) is 3.50. The van der Waals surface area contributed by atoms with Gasteiger partial charge in [0.1, 0.15) is 5.75 Å². The SMILES string of the molecule is COc1cc(F)c(OC2CCC(C)(C(=O)O)CC2)cc1C(=O)N[C@H]1[C@@H](C(=O)NCC2(C)CCC2)[C@@H]2C=C[C@H]1C2. The van der Waals surface area contributed by atoms with E-state index in [-0.39, 0.29) is 58.3 Å². The number of fused-ring (bicyclic) bond motifs is 2. The first-order chi connectivity index (χ1) is 18.5. The largest absolute Gasteiger partial charge is 0.496 e. The molecule has 0 aliphatic heterocycles. The lowest BCUT2D eigenvalue weighted by molar-refractivity contribution is -0.150. The number of carboxylic acid groups (broad SMARTS) is 1. The first-order valence-corrected chi connectivity index (χ1v) is 14.1. The predicted molar refractivity (Wildman–Crippen MR) is 142 cm³/mol. The monoisotopic (exact) mass is 542 g/mol. The Morgan fingerprint density at radius 2 is 1.74 bits per heavy atom. The van der Waals surface area contributed by atoms with Gasteiger partial charge in [0.05, 0.1) is 30.1 Å². The Balaban J connectivity index is 1.29. The summed E-state index contributed by atoms with van der Waals surface area (Å²) in [6, 6.07) is 2.12. The van der Waals surface area contributed by atoms with E-state index < -0.39 is 23.1 Å². The third-order valence-corrected chi connectivity index (χ3v) is 9.65. The number of nitrogens with one attached hydrogen (secondary N) is 2. The predicted octanol–water partition coefficient (Wildman–Crippen LogP) is 4.47. The number of halogens is 1. The van der Waals surface area contributed by atoms with Crippen molar-refractivity contribution < 1.29 is 33.4 Å². The summed E-state index contributed by atoms with van der Waals surface area (Å²) in [5.41, 5.74) is -0.519. The molecule has 3 N–H and O–H groups in total. The smallest absolute Gasteiger partial charge is 0.309 e. The van der Waals surface area contributed by atoms with E-state index in [0.717, 1.165) is 25.3 Å². The van der Waals surface area contributed by atoms with Gasteiger partial charge in [0.15, 0.2) is 11.6 Å². The van der Waals surface area contributed by atoms with E-state index in [1.54, 1.807) is 6.92 Å². The first-order valence-electron chi connectivity index (χ1n) is 14.1. The van der Waals surface area contributed by atoms with E-state index in [2.05, 4.69) is 29.7 Å². The van der Waals surface area contributed by atoms with Gasteiger partial charge >= 0.3 is 5.97 Å². The number of hydrogen-bond acceptors (Lipinski definition) is 5. The lowest BCUT2D eigenvalue weighted by Crippen LogP contribution is -2.50. The molecule has 0 radical (unpaired) electrons. The normalized spacial score (nSPS) is 32.3. The summed E-state index contributed by atoms with van der Waals surface area (Å²) >= 11 is 0. The molecular weight excluding hydrogens is 503 g/mol. The number of amides is 2. The fourth-order valence-electron chi connectivity index (χ4n) is 6.69. The van der Waals surface area contributed by atoms with E-state index in [1.165, 1.54) is 19.6 Å². The fraction of sp³-hybridized carbons (Fsp3) is 0.633. The number of hydrogen-bond donors (Lipinski definition) is 3. The fourth-order valence-corrected chi connectivity index (χ4v) is 6.69. The van der Waals surface area contributed by atoms with Gasteiger partial charge in [0.25, 0.3) is 5.91 Å². The summed E-state index contributed by atoms with van der Waals surface area (Å²) in [6.07, 6.45) is 9.82. The molecule has 4 atom stereocenters. The average molecular weight is 543 g/mol. The van der Waals surface area contributed by atoms with Crippen LogP contribution in [0.25, 0.3) is 0 Å². The van der Waals surface area contributed by atoms with Gasteiger partial charge < -0.3 is 25.2 Å². The number of methoxy groups -OCH3 is 1. The van der Waals surface area contributed by atoms with Crippen LogP contribution in [0, 0.1) is 34.4 Å². The van der Waals surface area contributed by atoms with Crippen molar-refractivity contribution >= 4 is 17.8 Å². The number of allylic oxidation sites excluding steroid dienone is 1. The van der Waals surface area contributed by atoms with Crippen molar-refractivity contribution in [3.63, 3.8) is 0 Å². The minimum absolute atomic E-state index is 0.0361. The van der Waals surface area contributed by atoms with Crippen LogP contribution in [0.3, 0.4) is 0 Å². The first kappa shape index (κ1) is 27.5. The van der Waals surface area contributed by atoms with Crippen LogP contribution in [0.15, 0.2) is 24.3 Å². The standard InChI is InChI=1S/C30H39FN2O6/c1-29(9-4-10-29)16-32-27(35)24-17-5-6-18(13-17)25(24)33-26(34)20-14-23(21(31)15-22(20)38-3)39-19-7-11-30(2,12-8-19)28(36)37/h5-6,14-15,17-19,24-25H,4,7-13,16H2,1-3H3,(H,32,35)(H,33,34)(H,36,37)/t17-,18+,19?,24+,25-,30?/m1/s1. The zero-order valence-corrected chi connectivity index (χ0v) is 22.9. The van der Waals surface area contributed by atoms with Crippen LogP contribution in [0.1, 0.15) is 75.6 Å². The lowest BCUT2D eigenvalue weighted by Gasteiger charge is -2.39. The zero-order chi connectivity index (χ0) is 27.9. The summed E-state index contributed by atoms with van der Waals surface area (Å²) in [5, 5.41) is 15.7. The number of rotatable bonds is 9. The van der Waals surface area contributed by atoms with Crippen LogP contribution < -0.4 is 20.1 Å². The van der Waals surface area contributed by atoms with E-state index in [1.807, 2.05) is 0 Å². The topological polar surface area (TPSA) is 114 Å². The molecule has 2 amide bonds. The highest BCUT2D eigenvalue weighted by molar-refractivity contribution is 5.98. The van der Waals surface area contributed by atoms with Gasteiger partial charge in [-0.1, -0.05) is 25.5 Å². The molecule has 0 saturated heterocycles. The van der Waals surface area contributed by atoms with Gasteiger partial charge in [0.2, 0.25) is 5.91 Å². The summed E-state index contributed by atoms with van der Waals surface area (Å²) in [5.74, 6) is -2.19. The number of ether oxygens (including phenoxy) is 2. The van der Waals surface area contributed by atoms with Crippen molar-refractivity contribution in [1.82, 2.24) is 10.6 Å². The molecule has 1 aromatic rings. The quantitative estimate of drug-likeness (QED) is 0.397. The van der Waals surface area contributed by atoms with Crippen LogP contribution >= 0.6 is 0 Å². The second-order valence-corrected chi connectivity index (χ2v) is 12.5. The van der Waals surface area contributed by atoms with Gasteiger partial charge in [0, 0.05) is 18.7 Å². The van der Waals surface area contributed by atoms with Gasteiger partial charge in [-0.15, -0.1) is 0 Å². The number of aliphatic carboxylic acids is 1. The molecule has 5 rings (SSSR count). The molecule has 9 heteroatoms. The van der Waals surface area contributed by atoms with Gasteiger partial charge in [-0.05, 0) is 75.2 Å². The van der Waals surface area contributed by atoms with Crippen LogP contribution in [0.4, 0.5) is 4.39 Å². The minimum Gasteiger partial charge on any atom is -0.496 e. The van der Waals surface area contributed by atoms with Crippen molar-refractivity contribution in [1.29, 1.82) is 0 Å². The van der Waals surface area contributed by atoms with Gasteiger partial charge in [-0.25, -0.2) is 4.39 Å². The number of carboxylic acids is 1. The second-order valence-electron chi connectivity index (χ2n) is 12.5. The maximum atomic E-state index is 14.9. The molecule has 8 nitrogen and oxygen atoms in total. The lowest BCUT2D eigenvalue weighted by atomic mass is 9.70. The third kappa shape index (κ3) is 5.37. The molecule has 39 heavy (non-hydrogen) atoms. The maximum Gasteiger partial charge on any atom is 0.309 e. The van der Waals surface area contributed by atoms with Crippen molar-refractivity contribution in [3.8, 4) is 11.5 Å². The van der Waals surface area contributed by atoms with E-state index in [9.17, 15) is 23.9 Å². The van der Waals surface area contributed by atoms with E-state index >= 15 is 0 Å². The van der Waals surface area contributed by atoms with Gasteiger partial charge in [-0.2, -0.15) is 0 Å². The highest BCUT2D eigenvalue weighted by atomic mass is 19.1. The van der Waals surface area contributed by atoms with Crippen LogP contribution in [0.2, 0.25) is 0 Å². The van der Waals surface area contributed by atoms with Gasteiger partial charge in [-0.3, -0.25) is 14.4 Å². The molecule has 4 aliphatic carbocycles. The Kier molecular flexibility index (Phi) is 7.37. The Bertz CT molecular complexity index is 1170. The number of carbonyl (C=O) groups is 3. The molecule has 0 unspecified atom stereocenters. The summed E-state index contributed by atoms with van der Waals surface area (Å²) < 4.78 is 26.2. The van der Waals surface area contributed by atoms with Crippen LogP contribution in [-0.2, 0) is 9.59 Å². The minimum atomic E-state index is -0.838. The molecule has 2 bridgehead atoms. The molecular formula is C30H39FN2O6. The van der Waals surface area contributed by atoms with Crippen LogP contribution in [-0.4, -0.2) is 48.7 Å². The number of carbonyl (C=O) groups excluding carboxylic acids is 2. The summed E-state index contributed by atoms with van der Waals surface area (Å²) in [7, 11) is 1.37. The Labute approximate surface area is 228 Å². The molecule has 4 aliphatic rings. The van der Waals surface area contributed by atoms with Crippen LogP contribution in [0.5, 0.6) is 11.5 Å². The molecule has 0 spiro atoms. The molecule has 3 saturated carbocycles. The third-order valence-electron chi connectivity index (χ3n) is 9.65. The second kappa shape index (κ2) is 10.5. The highest BCUT2D eigenvalue weighted by Crippen LogP contribution is 2.45. The van der Waals surface area contributed by atoms with E-state index in [0.29, 0.717) is 32.2 Å². The Morgan fingerprint density at radius 1 is 1.05 bits per heavy atom. The molecule has 1 aromatic carbocycles. The maximum absolute atomic E-state index is 14.9. The summed E-state index contributed by atoms with van der Waals surface area (Å²) in [6.45, 7) is 4.55. The number of benzene rings is 1. The summed E-state index contributed by atoms with van der Waals surface area (Å²) in [4.78, 5) is 38.3. The van der Waals surface area contributed by atoms with Crippen molar-refractivity contribution in [3.05, 3.63) is 35.7 Å². The zero-order valence-electron chi connectivity index (χ0n) is 22.9. The molecule has 212 valence electrons. The Hall–Kier alpha value is -3.10. The van der Waals surface area contributed by atoms with Crippen molar-refractivity contribution in [2.75, 3.05) is 13.7 Å². The molecule has 0 aromatic heterocycles. The molecule has 0 heterocycles. The van der Waals surface area contributed by atoms with Crippen molar-refractivity contribution in [2.45, 2.75) is 77.4 Å². The van der Waals surface area contributed by atoms with E-state index in [4.69, 9.17) is 9.47 Å². The van der Waals surface area contributed by atoms with Crippen molar-refractivity contribution in [2.24, 2.45) is 28.6 Å².